The molecular weight excluding hydrogens is 218 g/mol. The van der Waals surface area contributed by atoms with E-state index >= 15 is 0 Å². The summed E-state index contributed by atoms with van der Waals surface area (Å²) in [7, 11) is 0. The summed E-state index contributed by atoms with van der Waals surface area (Å²) in [6.07, 6.45) is 1.03. The summed E-state index contributed by atoms with van der Waals surface area (Å²) in [6, 6.07) is 0. The molecule has 1 heterocycles. The quantitative estimate of drug-likeness (QED) is 0.791. The highest BCUT2D eigenvalue weighted by molar-refractivity contribution is 5.80. The van der Waals surface area contributed by atoms with E-state index in [1.807, 2.05) is 20.8 Å². The topological polar surface area (TPSA) is 49.8 Å². The Morgan fingerprint density at radius 3 is 2.29 bits per heavy atom. The van der Waals surface area contributed by atoms with Gasteiger partial charge in [-0.1, -0.05) is 13.8 Å². The molecule has 0 bridgehead atoms. The minimum Gasteiger partial charge on any atom is -0.395 e. The third-order valence-corrected chi connectivity index (χ3v) is 3.70. The van der Waals surface area contributed by atoms with Crippen LogP contribution in [0.15, 0.2) is 0 Å². The third kappa shape index (κ3) is 3.19. The Morgan fingerprint density at radius 1 is 1.24 bits per heavy atom. The Labute approximate surface area is 104 Å². The molecule has 1 fully saturated rings. The highest BCUT2D eigenvalue weighted by Crippen LogP contribution is 2.33. The highest BCUT2D eigenvalue weighted by Gasteiger charge is 2.42. The lowest BCUT2D eigenvalue weighted by Gasteiger charge is -2.27. The SMILES string of the molecule is CCCN(CCO)C(=O)C1C(C)OC(C)C1C. The van der Waals surface area contributed by atoms with Gasteiger partial charge in [-0.15, -0.1) is 0 Å². The number of carbonyl (C=O) groups is 1. The van der Waals surface area contributed by atoms with Gasteiger partial charge in [0.2, 0.25) is 5.91 Å². The van der Waals surface area contributed by atoms with E-state index < -0.39 is 0 Å². The molecule has 4 unspecified atom stereocenters. The van der Waals surface area contributed by atoms with Gasteiger partial charge >= 0.3 is 0 Å². The van der Waals surface area contributed by atoms with Crippen molar-refractivity contribution in [3.05, 3.63) is 0 Å². The van der Waals surface area contributed by atoms with Crippen molar-refractivity contribution in [3.8, 4) is 0 Å². The van der Waals surface area contributed by atoms with E-state index in [4.69, 9.17) is 9.84 Å². The standard InChI is InChI=1S/C13H25NO3/c1-5-6-14(7-8-15)13(16)12-9(2)10(3)17-11(12)4/h9-12,15H,5-8H2,1-4H3. The minimum absolute atomic E-state index is 0.0226. The van der Waals surface area contributed by atoms with Crippen LogP contribution in [0.2, 0.25) is 0 Å². The monoisotopic (exact) mass is 243 g/mol. The molecule has 0 aromatic rings. The lowest BCUT2D eigenvalue weighted by molar-refractivity contribution is -0.138. The first kappa shape index (κ1) is 14.5. The Bertz CT molecular complexity index is 251. The summed E-state index contributed by atoms with van der Waals surface area (Å²) < 4.78 is 5.70. The van der Waals surface area contributed by atoms with Gasteiger partial charge in [0.05, 0.1) is 24.7 Å². The van der Waals surface area contributed by atoms with Crippen molar-refractivity contribution in [2.24, 2.45) is 11.8 Å². The molecule has 0 spiro atoms. The fourth-order valence-electron chi connectivity index (χ4n) is 2.63. The molecule has 17 heavy (non-hydrogen) atoms. The number of ether oxygens (including phenoxy) is 1. The molecule has 0 aliphatic carbocycles. The molecule has 0 aromatic heterocycles. The molecule has 1 rings (SSSR count). The van der Waals surface area contributed by atoms with E-state index in [1.54, 1.807) is 4.90 Å². The van der Waals surface area contributed by atoms with E-state index in [0.717, 1.165) is 6.42 Å². The van der Waals surface area contributed by atoms with Crippen LogP contribution in [0.5, 0.6) is 0 Å². The molecule has 100 valence electrons. The van der Waals surface area contributed by atoms with Crippen molar-refractivity contribution in [1.29, 1.82) is 0 Å². The summed E-state index contributed by atoms with van der Waals surface area (Å²) in [5, 5.41) is 9.01. The number of nitrogens with zero attached hydrogens (tertiary/aromatic N) is 1. The number of carbonyl (C=O) groups excluding carboxylic acids is 1. The van der Waals surface area contributed by atoms with Crippen LogP contribution in [-0.2, 0) is 9.53 Å². The van der Waals surface area contributed by atoms with Crippen LogP contribution in [0.1, 0.15) is 34.1 Å². The van der Waals surface area contributed by atoms with Crippen molar-refractivity contribution < 1.29 is 14.6 Å². The minimum atomic E-state index is -0.0666. The van der Waals surface area contributed by atoms with Gasteiger partial charge in [-0.2, -0.15) is 0 Å². The molecule has 1 aliphatic heterocycles. The van der Waals surface area contributed by atoms with E-state index in [1.165, 1.54) is 0 Å². The van der Waals surface area contributed by atoms with Gasteiger partial charge < -0.3 is 14.7 Å². The fraction of sp³-hybridized carbons (Fsp3) is 0.923. The molecule has 1 saturated heterocycles. The average Bonchev–Trinajstić information content (AvgIpc) is 2.52. The smallest absolute Gasteiger partial charge is 0.228 e. The van der Waals surface area contributed by atoms with Crippen molar-refractivity contribution in [2.45, 2.75) is 46.3 Å². The van der Waals surface area contributed by atoms with Gasteiger partial charge in [-0.05, 0) is 26.2 Å². The van der Waals surface area contributed by atoms with Crippen LogP contribution in [0.3, 0.4) is 0 Å². The van der Waals surface area contributed by atoms with Gasteiger partial charge in [-0.25, -0.2) is 0 Å². The zero-order valence-corrected chi connectivity index (χ0v) is 11.3. The molecule has 1 amide bonds. The lowest BCUT2D eigenvalue weighted by atomic mass is 9.88. The van der Waals surface area contributed by atoms with Crippen molar-refractivity contribution >= 4 is 5.91 Å². The predicted molar refractivity (Wildman–Crippen MR) is 66.6 cm³/mol. The Kier molecular flexibility index (Phi) is 5.40. The molecule has 0 aromatic carbocycles. The Balaban J connectivity index is 2.72. The number of hydrogen-bond acceptors (Lipinski definition) is 3. The first-order chi connectivity index (χ1) is 8.02. The van der Waals surface area contributed by atoms with Gasteiger partial charge in [0.25, 0.3) is 0 Å². The number of rotatable bonds is 5. The van der Waals surface area contributed by atoms with Crippen molar-refractivity contribution in [3.63, 3.8) is 0 Å². The second-order valence-electron chi connectivity index (χ2n) is 4.98. The molecule has 0 radical (unpaired) electrons. The van der Waals surface area contributed by atoms with Gasteiger partial charge in [0.1, 0.15) is 0 Å². The molecule has 4 heteroatoms. The van der Waals surface area contributed by atoms with Crippen molar-refractivity contribution in [2.75, 3.05) is 19.7 Å². The normalized spacial score (nSPS) is 32.8. The van der Waals surface area contributed by atoms with Crippen LogP contribution in [0, 0.1) is 11.8 Å². The molecule has 1 aliphatic rings. The van der Waals surface area contributed by atoms with Crippen LogP contribution in [0.25, 0.3) is 0 Å². The van der Waals surface area contributed by atoms with Crippen LogP contribution < -0.4 is 0 Å². The van der Waals surface area contributed by atoms with Gasteiger partial charge in [0, 0.05) is 13.1 Å². The predicted octanol–water partition coefficient (Wildman–Crippen LogP) is 1.28. The molecule has 4 nitrogen and oxygen atoms in total. The van der Waals surface area contributed by atoms with Gasteiger partial charge in [0.15, 0.2) is 0 Å². The van der Waals surface area contributed by atoms with Crippen LogP contribution in [-0.4, -0.2) is 47.8 Å². The molecule has 1 N–H and O–H groups in total. The summed E-state index contributed by atoms with van der Waals surface area (Å²) >= 11 is 0. The Hall–Kier alpha value is -0.610. The molecule has 4 atom stereocenters. The molecule has 0 saturated carbocycles. The van der Waals surface area contributed by atoms with E-state index in [9.17, 15) is 4.79 Å². The van der Waals surface area contributed by atoms with E-state index in [0.29, 0.717) is 13.1 Å². The van der Waals surface area contributed by atoms with E-state index in [2.05, 4.69) is 6.92 Å². The largest absolute Gasteiger partial charge is 0.395 e. The third-order valence-electron chi connectivity index (χ3n) is 3.70. The highest BCUT2D eigenvalue weighted by atomic mass is 16.5. The average molecular weight is 243 g/mol. The maximum Gasteiger partial charge on any atom is 0.228 e. The molecular formula is C13H25NO3. The second-order valence-corrected chi connectivity index (χ2v) is 4.98. The summed E-state index contributed by atoms with van der Waals surface area (Å²) in [6.45, 7) is 9.26. The number of aliphatic hydroxyl groups is 1. The first-order valence-electron chi connectivity index (χ1n) is 6.58. The number of aliphatic hydroxyl groups excluding tert-OH is 1. The maximum atomic E-state index is 12.4. The van der Waals surface area contributed by atoms with Crippen LogP contribution in [0.4, 0.5) is 0 Å². The van der Waals surface area contributed by atoms with Crippen LogP contribution >= 0.6 is 0 Å². The van der Waals surface area contributed by atoms with Gasteiger partial charge in [-0.3, -0.25) is 4.79 Å². The summed E-state index contributed by atoms with van der Waals surface area (Å²) in [5.41, 5.74) is 0. The number of amides is 1. The Morgan fingerprint density at radius 2 is 1.88 bits per heavy atom. The van der Waals surface area contributed by atoms with Crippen molar-refractivity contribution in [1.82, 2.24) is 4.90 Å². The number of hydrogen-bond donors (Lipinski definition) is 1. The fourth-order valence-corrected chi connectivity index (χ4v) is 2.63. The first-order valence-corrected chi connectivity index (χ1v) is 6.58. The summed E-state index contributed by atoms with van der Waals surface area (Å²) in [5.74, 6) is 0.309. The van der Waals surface area contributed by atoms with E-state index in [-0.39, 0.29) is 36.6 Å². The second kappa shape index (κ2) is 6.36. The zero-order valence-electron chi connectivity index (χ0n) is 11.3. The zero-order chi connectivity index (χ0) is 13.0. The maximum absolute atomic E-state index is 12.4. The lowest BCUT2D eigenvalue weighted by Crippen LogP contribution is -2.42. The summed E-state index contributed by atoms with van der Waals surface area (Å²) in [4.78, 5) is 14.2.